The van der Waals surface area contributed by atoms with Crippen molar-refractivity contribution in [2.45, 2.75) is 37.6 Å². The molecule has 0 aromatic heterocycles. The second-order valence-electron chi connectivity index (χ2n) is 5.91. The minimum atomic E-state index is 0.718. The lowest BCUT2D eigenvalue weighted by Crippen LogP contribution is -2.43. The quantitative estimate of drug-likeness (QED) is 0.912. The smallest absolute Gasteiger partial charge is 0.0506 e. The largest absolute Gasteiger partial charge is 0.381 e. The summed E-state index contributed by atoms with van der Waals surface area (Å²) in [6, 6.07) is 9.51. The van der Waals surface area contributed by atoms with E-state index in [1.165, 1.54) is 35.7 Å². The molecule has 1 atom stereocenters. The van der Waals surface area contributed by atoms with Crippen LogP contribution >= 0.6 is 15.9 Å². The third-order valence-corrected chi connectivity index (χ3v) is 4.96. The Balaban J connectivity index is 1.39. The van der Waals surface area contributed by atoms with E-state index in [2.05, 4.69) is 45.5 Å². The first kappa shape index (κ1) is 13.6. The maximum absolute atomic E-state index is 5.52. The highest BCUT2D eigenvalue weighted by Crippen LogP contribution is 2.37. The van der Waals surface area contributed by atoms with E-state index in [1.807, 2.05) is 0 Å². The predicted octanol–water partition coefficient (Wildman–Crippen LogP) is 3.71. The summed E-state index contributed by atoms with van der Waals surface area (Å²) >= 11 is 3.49. The van der Waals surface area contributed by atoms with Gasteiger partial charge in [-0.2, -0.15) is 0 Å². The Morgan fingerprint density at radius 1 is 1.21 bits per heavy atom. The summed E-state index contributed by atoms with van der Waals surface area (Å²) in [4.78, 5) is 0. The van der Waals surface area contributed by atoms with Gasteiger partial charge in [-0.05, 0) is 55.2 Å². The van der Waals surface area contributed by atoms with Crippen LogP contribution in [0.4, 0.5) is 0 Å². The number of ether oxygens (including phenoxy) is 1. The summed E-state index contributed by atoms with van der Waals surface area (Å²) in [5.74, 6) is 1.49. The van der Waals surface area contributed by atoms with E-state index in [1.54, 1.807) is 0 Å². The fraction of sp³-hybridized carbons (Fsp3) is 0.625. The molecular weight excluding hydrogens is 302 g/mol. The number of benzene rings is 1. The van der Waals surface area contributed by atoms with Gasteiger partial charge in [-0.1, -0.05) is 28.1 Å². The van der Waals surface area contributed by atoms with Gasteiger partial charge in [0.25, 0.3) is 0 Å². The molecule has 0 bridgehead atoms. The Hall–Kier alpha value is -0.380. The molecule has 1 aromatic rings. The fourth-order valence-corrected chi connectivity index (χ4v) is 3.36. The third kappa shape index (κ3) is 3.59. The molecule has 2 fully saturated rings. The zero-order valence-electron chi connectivity index (χ0n) is 11.3. The van der Waals surface area contributed by atoms with Crippen molar-refractivity contribution in [3.05, 3.63) is 34.3 Å². The monoisotopic (exact) mass is 323 g/mol. The Labute approximate surface area is 124 Å². The van der Waals surface area contributed by atoms with Crippen LogP contribution in [-0.2, 0) is 4.74 Å². The molecular formula is C16H22BrNO. The number of nitrogens with one attached hydrogen (secondary N) is 1. The van der Waals surface area contributed by atoms with Crippen molar-refractivity contribution in [1.82, 2.24) is 5.32 Å². The highest BCUT2D eigenvalue weighted by molar-refractivity contribution is 9.10. The van der Waals surface area contributed by atoms with Gasteiger partial charge >= 0.3 is 0 Å². The molecule has 1 N–H and O–H groups in total. The van der Waals surface area contributed by atoms with Crippen LogP contribution in [0.3, 0.4) is 0 Å². The third-order valence-electron chi connectivity index (χ3n) is 4.43. The molecule has 1 aliphatic carbocycles. The maximum Gasteiger partial charge on any atom is 0.0506 e. The highest BCUT2D eigenvalue weighted by Gasteiger charge is 2.30. The van der Waals surface area contributed by atoms with Crippen LogP contribution in [0, 0.1) is 5.92 Å². The van der Waals surface area contributed by atoms with Gasteiger partial charge in [0.05, 0.1) is 6.61 Å². The van der Waals surface area contributed by atoms with E-state index >= 15 is 0 Å². The molecule has 1 unspecified atom stereocenters. The number of rotatable bonds is 4. The maximum atomic E-state index is 5.52. The van der Waals surface area contributed by atoms with Crippen LogP contribution in [0.2, 0.25) is 0 Å². The summed E-state index contributed by atoms with van der Waals surface area (Å²) < 4.78 is 6.69. The number of hydrogen-bond donors (Lipinski definition) is 1. The van der Waals surface area contributed by atoms with Crippen molar-refractivity contribution >= 4 is 15.9 Å². The standard InChI is InChI=1S/C16H22BrNO/c17-15-5-3-13(4-6-15)14-8-16(9-14)18-10-12-2-1-7-19-11-12/h3-6,12,14,16,18H,1-2,7-11H2. The van der Waals surface area contributed by atoms with Gasteiger partial charge < -0.3 is 10.1 Å². The van der Waals surface area contributed by atoms with Crippen molar-refractivity contribution in [3.63, 3.8) is 0 Å². The Kier molecular flexibility index (Phi) is 4.57. The molecule has 2 aliphatic rings. The van der Waals surface area contributed by atoms with Crippen molar-refractivity contribution in [3.8, 4) is 0 Å². The van der Waals surface area contributed by atoms with Crippen LogP contribution in [0.15, 0.2) is 28.7 Å². The van der Waals surface area contributed by atoms with Crippen molar-refractivity contribution in [2.24, 2.45) is 5.92 Å². The SMILES string of the molecule is Brc1ccc(C2CC(NCC3CCCOC3)C2)cc1. The van der Waals surface area contributed by atoms with E-state index in [4.69, 9.17) is 4.74 Å². The molecule has 1 aromatic carbocycles. The molecule has 3 rings (SSSR count). The Bertz CT molecular complexity index is 394. The van der Waals surface area contributed by atoms with Crippen LogP contribution in [0.5, 0.6) is 0 Å². The molecule has 2 nitrogen and oxygen atoms in total. The molecule has 1 saturated heterocycles. The second kappa shape index (κ2) is 6.38. The second-order valence-corrected chi connectivity index (χ2v) is 6.82. The van der Waals surface area contributed by atoms with Gasteiger partial charge in [0.2, 0.25) is 0 Å². The molecule has 0 amide bonds. The summed E-state index contributed by atoms with van der Waals surface area (Å²) in [7, 11) is 0. The number of halogens is 1. The predicted molar refractivity (Wildman–Crippen MR) is 81.5 cm³/mol. The number of hydrogen-bond acceptors (Lipinski definition) is 2. The topological polar surface area (TPSA) is 21.3 Å². The van der Waals surface area contributed by atoms with Crippen LogP contribution < -0.4 is 5.32 Å². The van der Waals surface area contributed by atoms with Crippen LogP contribution in [0.25, 0.3) is 0 Å². The minimum absolute atomic E-state index is 0.718. The average Bonchev–Trinajstić information content (AvgIpc) is 2.40. The van der Waals surface area contributed by atoms with Crippen molar-refractivity contribution < 1.29 is 4.74 Å². The molecule has 1 heterocycles. The van der Waals surface area contributed by atoms with Gasteiger partial charge in [-0.3, -0.25) is 0 Å². The lowest BCUT2D eigenvalue weighted by molar-refractivity contribution is 0.0521. The zero-order chi connectivity index (χ0) is 13.1. The summed E-state index contributed by atoms with van der Waals surface area (Å²) in [6.07, 6.45) is 5.14. The summed E-state index contributed by atoms with van der Waals surface area (Å²) in [5, 5.41) is 3.71. The minimum Gasteiger partial charge on any atom is -0.381 e. The van der Waals surface area contributed by atoms with Gasteiger partial charge in [0, 0.05) is 23.7 Å². The molecule has 104 valence electrons. The zero-order valence-corrected chi connectivity index (χ0v) is 12.9. The van der Waals surface area contributed by atoms with Crippen LogP contribution in [-0.4, -0.2) is 25.8 Å². The first-order valence-corrected chi connectivity index (χ1v) is 8.17. The van der Waals surface area contributed by atoms with Crippen molar-refractivity contribution in [1.29, 1.82) is 0 Å². The molecule has 0 radical (unpaired) electrons. The first-order valence-electron chi connectivity index (χ1n) is 7.38. The fourth-order valence-electron chi connectivity index (χ4n) is 3.09. The Morgan fingerprint density at radius 2 is 2.00 bits per heavy atom. The summed E-state index contributed by atoms with van der Waals surface area (Å²) in [5.41, 5.74) is 1.49. The van der Waals surface area contributed by atoms with Gasteiger partial charge in [0.1, 0.15) is 0 Å². The Morgan fingerprint density at radius 3 is 2.68 bits per heavy atom. The van der Waals surface area contributed by atoms with E-state index < -0.39 is 0 Å². The molecule has 1 saturated carbocycles. The lowest BCUT2D eigenvalue weighted by Gasteiger charge is -2.37. The highest BCUT2D eigenvalue weighted by atomic mass is 79.9. The lowest BCUT2D eigenvalue weighted by atomic mass is 9.76. The van der Waals surface area contributed by atoms with E-state index in [9.17, 15) is 0 Å². The average molecular weight is 324 g/mol. The van der Waals surface area contributed by atoms with E-state index in [0.29, 0.717) is 0 Å². The summed E-state index contributed by atoms with van der Waals surface area (Å²) in [6.45, 7) is 3.05. The van der Waals surface area contributed by atoms with Gasteiger partial charge in [0.15, 0.2) is 0 Å². The van der Waals surface area contributed by atoms with E-state index in [-0.39, 0.29) is 0 Å². The normalized spacial score (nSPS) is 30.9. The molecule has 0 spiro atoms. The first-order chi connectivity index (χ1) is 9.31. The van der Waals surface area contributed by atoms with E-state index in [0.717, 1.165) is 37.6 Å². The van der Waals surface area contributed by atoms with Crippen molar-refractivity contribution in [2.75, 3.05) is 19.8 Å². The molecule has 3 heteroatoms. The van der Waals surface area contributed by atoms with Gasteiger partial charge in [-0.25, -0.2) is 0 Å². The van der Waals surface area contributed by atoms with Gasteiger partial charge in [-0.15, -0.1) is 0 Å². The molecule has 19 heavy (non-hydrogen) atoms. The van der Waals surface area contributed by atoms with Crippen LogP contribution in [0.1, 0.15) is 37.2 Å². The molecule has 1 aliphatic heterocycles.